The summed E-state index contributed by atoms with van der Waals surface area (Å²) in [4.78, 5) is 25.7. The van der Waals surface area contributed by atoms with Crippen molar-refractivity contribution >= 4 is 32.9 Å². The Kier molecular flexibility index (Phi) is 4.52. The molecule has 0 saturated heterocycles. The molecule has 1 unspecified atom stereocenters. The van der Waals surface area contributed by atoms with Gasteiger partial charge in [0.25, 0.3) is 5.56 Å². The zero-order valence-corrected chi connectivity index (χ0v) is 16.5. The van der Waals surface area contributed by atoms with E-state index in [1.54, 1.807) is 22.7 Å². The fraction of sp³-hybridized carbons (Fsp3) is 0.474. The van der Waals surface area contributed by atoms with Crippen LogP contribution in [-0.4, -0.2) is 17.0 Å². The number of rotatable bonds is 4. The van der Waals surface area contributed by atoms with E-state index < -0.39 is 0 Å². The minimum absolute atomic E-state index is 0.0443. The van der Waals surface area contributed by atoms with Gasteiger partial charge in [0.2, 0.25) is 0 Å². The summed E-state index contributed by atoms with van der Waals surface area (Å²) < 4.78 is 0. The average molecular weight is 375 g/mol. The van der Waals surface area contributed by atoms with Crippen LogP contribution in [0.2, 0.25) is 0 Å². The number of hydrogen-bond donors (Lipinski definition) is 2. The van der Waals surface area contributed by atoms with Crippen molar-refractivity contribution in [2.75, 3.05) is 7.05 Å². The summed E-state index contributed by atoms with van der Waals surface area (Å²) in [5.41, 5.74) is 1.30. The van der Waals surface area contributed by atoms with Crippen LogP contribution in [-0.2, 0) is 19.4 Å². The van der Waals surface area contributed by atoms with Crippen LogP contribution in [0.1, 0.15) is 47.5 Å². The van der Waals surface area contributed by atoms with Gasteiger partial charge >= 0.3 is 0 Å². The van der Waals surface area contributed by atoms with Crippen molar-refractivity contribution < 1.29 is 4.90 Å². The molecule has 0 radical (unpaired) electrons. The fourth-order valence-electron chi connectivity index (χ4n) is 3.65. The van der Waals surface area contributed by atoms with Crippen LogP contribution < -0.4 is 10.5 Å². The molecule has 132 valence electrons. The maximum absolute atomic E-state index is 12.8. The Morgan fingerprint density at radius 1 is 1.48 bits per heavy atom. The Morgan fingerprint density at radius 3 is 3.08 bits per heavy atom. The van der Waals surface area contributed by atoms with Gasteiger partial charge in [0.15, 0.2) is 5.82 Å². The van der Waals surface area contributed by atoms with E-state index in [-0.39, 0.29) is 11.6 Å². The molecule has 4 rings (SSSR count). The van der Waals surface area contributed by atoms with E-state index in [1.807, 2.05) is 0 Å². The first-order valence-electron chi connectivity index (χ1n) is 8.92. The molecule has 0 aliphatic heterocycles. The van der Waals surface area contributed by atoms with Crippen LogP contribution in [0.15, 0.2) is 22.3 Å². The molecule has 3 aromatic heterocycles. The number of H-pyrrole nitrogens is 1. The third-order valence-electron chi connectivity index (χ3n) is 5.37. The molecule has 6 heteroatoms. The third kappa shape index (κ3) is 3.18. The van der Waals surface area contributed by atoms with Crippen LogP contribution in [0.5, 0.6) is 0 Å². The van der Waals surface area contributed by atoms with E-state index in [0.717, 1.165) is 35.4 Å². The number of fused-ring (bicyclic) bond motifs is 3. The van der Waals surface area contributed by atoms with Gasteiger partial charge in [0.1, 0.15) is 17.4 Å². The zero-order valence-electron chi connectivity index (χ0n) is 14.9. The first-order chi connectivity index (χ1) is 12.0. The van der Waals surface area contributed by atoms with Crippen molar-refractivity contribution in [1.29, 1.82) is 0 Å². The van der Waals surface area contributed by atoms with Crippen LogP contribution in [0, 0.1) is 5.92 Å². The van der Waals surface area contributed by atoms with Gasteiger partial charge in [0, 0.05) is 4.88 Å². The summed E-state index contributed by atoms with van der Waals surface area (Å²) in [6, 6.07) is 4.40. The maximum Gasteiger partial charge on any atom is 0.260 e. The number of thiophene rings is 2. The number of hydrogen-bond acceptors (Lipinski definition) is 4. The molecule has 0 spiro atoms. The fourth-order valence-corrected chi connectivity index (χ4v) is 5.84. The van der Waals surface area contributed by atoms with Gasteiger partial charge in [-0.2, -0.15) is 0 Å². The van der Waals surface area contributed by atoms with Crippen molar-refractivity contribution in [3.63, 3.8) is 0 Å². The van der Waals surface area contributed by atoms with Gasteiger partial charge in [-0.05, 0) is 49.1 Å². The second kappa shape index (κ2) is 6.67. The van der Waals surface area contributed by atoms with Crippen LogP contribution in [0.3, 0.4) is 0 Å². The van der Waals surface area contributed by atoms with E-state index in [1.165, 1.54) is 26.6 Å². The molecule has 0 fully saturated rings. The van der Waals surface area contributed by atoms with Gasteiger partial charge in [0.05, 0.1) is 17.3 Å². The van der Waals surface area contributed by atoms with E-state index in [2.05, 4.69) is 43.4 Å². The lowest BCUT2D eigenvalue weighted by molar-refractivity contribution is -0.924. The number of quaternary nitrogens is 1. The Balaban J connectivity index is 1.67. The van der Waals surface area contributed by atoms with Crippen molar-refractivity contribution in [3.8, 4) is 0 Å². The summed E-state index contributed by atoms with van der Waals surface area (Å²) in [5.74, 6) is 1.51. The first kappa shape index (κ1) is 16.9. The molecule has 3 atom stereocenters. The van der Waals surface area contributed by atoms with E-state index in [0.29, 0.717) is 5.92 Å². The largest absolute Gasteiger partial charge is 0.324 e. The quantitative estimate of drug-likeness (QED) is 0.738. The monoisotopic (exact) mass is 374 g/mol. The molecule has 2 N–H and O–H groups in total. The molecule has 4 nitrogen and oxygen atoms in total. The van der Waals surface area contributed by atoms with Crippen LogP contribution >= 0.6 is 22.7 Å². The Morgan fingerprint density at radius 2 is 2.32 bits per heavy atom. The van der Waals surface area contributed by atoms with Crippen molar-refractivity contribution in [2.45, 2.75) is 45.7 Å². The smallest absolute Gasteiger partial charge is 0.260 e. The second-order valence-electron chi connectivity index (χ2n) is 7.31. The SMILES string of the molecule is C[C@@H]1CCc2c(sc3nc([C@H](C)[NH+](C)Cc4cccs4)[nH]c(=O)c23)C1. The summed E-state index contributed by atoms with van der Waals surface area (Å²) in [6.45, 7) is 5.38. The van der Waals surface area contributed by atoms with Crippen molar-refractivity contribution in [1.82, 2.24) is 9.97 Å². The summed E-state index contributed by atoms with van der Waals surface area (Å²) in [5, 5.41) is 2.95. The number of aryl methyl sites for hydroxylation is 1. The molecular formula is C19H24N3OS2+. The lowest BCUT2D eigenvalue weighted by atomic mass is 9.89. The van der Waals surface area contributed by atoms with E-state index in [9.17, 15) is 4.79 Å². The Hall–Kier alpha value is -1.50. The molecule has 0 saturated carbocycles. The topological polar surface area (TPSA) is 50.2 Å². The number of nitrogens with one attached hydrogen (secondary N) is 2. The highest BCUT2D eigenvalue weighted by atomic mass is 32.1. The minimum Gasteiger partial charge on any atom is -0.324 e. The van der Waals surface area contributed by atoms with Gasteiger partial charge in [-0.1, -0.05) is 13.0 Å². The van der Waals surface area contributed by atoms with Crippen molar-refractivity contribution in [3.05, 3.63) is 49.0 Å². The minimum atomic E-state index is 0.0443. The van der Waals surface area contributed by atoms with Crippen LogP contribution in [0.25, 0.3) is 10.2 Å². The second-order valence-corrected chi connectivity index (χ2v) is 9.42. The van der Waals surface area contributed by atoms with Crippen LogP contribution in [0.4, 0.5) is 0 Å². The molecule has 3 heterocycles. The van der Waals surface area contributed by atoms with E-state index >= 15 is 0 Å². The van der Waals surface area contributed by atoms with Crippen molar-refractivity contribution in [2.24, 2.45) is 5.92 Å². The molecule has 25 heavy (non-hydrogen) atoms. The number of aromatic nitrogens is 2. The summed E-state index contributed by atoms with van der Waals surface area (Å²) in [7, 11) is 2.16. The highest BCUT2D eigenvalue weighted by Crippen LogP contribution is 2.35. The predicted molar refractivity (Wildman–Crippen MR) is 105 cm³/mol. The maximum atomic E-state index is 12.8. The Labute approximate surface area is 155 Å². The first-order valence-corrected chi connectivity index (χ1v) is 10.6. The molecule has 0 bridgehead atoms. The third-order valence-corrected chi connectivity index (χ3v) is 7.39. The van der Waals surface area contributed by atoms with Gasteiger partial charge < -0.3 is 9.88 Å². The summed E-state index contributed by atoms with van der Waals surface area (Å²) >= 11 is 3.50. The number of nitrogens with zero attached hydrogens (tertiary/aromatic N) is 1. The predicted octanol–water partition coefficient (Wildman–Crippen LogP) is 2.95. The standard InChI is InChI=1S/C19H23N3OS2/c1-11-6-7-14-15(9-11)25-19-16(14)18(23)20-17(21-19)12(2)22(3)10-13-5-4-8-24-13/h4-5,8,11-12H,6-7,9-10H2,1-3H3,(H,20,21,23)/p+1/t11-,12+/m1/s1. The van der Waals surface area contributed by atoms with Gasteiger partial charge in [-0.15, -0.1) is 22.7 Å². The average Bonchev–Trinajstić information content (AvgIpc) is 3.20. The molecule has 0 aromatic carbocycles. The highest BCUT2D eigenvalue weighted by Gasteiger charge is 2.25. The lowest BCUT2D eigenvalue weighted by Crippen LogP contribution is -3.07. The molecule has 0 amide bonds. The molecule has 1 aliphatic rings. The molecule has 1 aliphatic carbocycles. The lowest BCUT2D eigenvalue weighted by Gasteiger charge is -2.20. The summed E-state index contributed by atoms with van der Waals surface area (Å²) in [6.07, 6.45) is 3.27. The van der Waals surface area contributed by atoms with Gasteiger partial charge in [-0.25, -0.2) is 4.98 Å². The Bertz CT molecular complexity index is 942. The normalized spacial score (nSPS) is 19.7. The molecular weight excluding hydrogens is 350 g/mol. The zero-order chi connectivity index (χ0) is 17.6. The number of aromatic amines is 1. The van der Waals surface area contributed by atoms with Gasteiger partial charge in [-0.3, -0.25) is 4.79 Å². The molecule has 3 aromatic rings. The highest BCUT2D eigenvalue weighted by molar-refractivity contribution is 7.18. The van der Waals surface area contributed by atoms with E-state index in [4.69, 9.17) is 4.98 Å².